The summed E-state index contributed by atoms with van der Waals surface area (Å²) in [6.07, 6.45) is 6.43. The second-order valence-corrected chi connectivity index (χ2v) is 14.9. The fourth-order valence-corrected chi connectivity index (χ4v) is 7.11. The molecule has 2 aliphatic carbocycles. The van der Waals surface area contributed by atoms with Crippen molar-refractivity contribution in [2.45, 2.75) is 124 Å². The van der Waals surface area contributed by atoms with Crippen LogP contribution in [0.4, 0.5) is 4.79 Å². The molecule has 1 saturated heterocycles. The van der Waals surface area contributed by atoms with Gasteiger partial charge in [-0.3, -0.25) is 24.0 Å². The molecule has 3 rings (SSSR count). The number of likely N-dealkylation sites (tertiary alicyclic amines) is 1. The number of fused-ring (bicyclic) bond motifs is 1. The number of hydrogen-bond donors (Lipinski definition) is 2. The topological polar surface area (TPSA) is 130 Å². The maximum atomic E-state index is 14.3. The number of hydrogen-bond acceptors (Lipinski definition) is 6. The summed E-state index contributed by atoms with van der Waals surface area (Å²) in [7, 11) is 0. The Labute approximate surface area is 257 Å². The highest BCUT2D eigenvalue weighted by molar-refractivity contribution is 6.41. The molecular formula is C34H53N3O6. The standard InChI is InChI=1S/C34H53N3O6/c1-9-10-14-22(30(41)26(40)18-24(38)20(2)3)17-25(39)29-27-23(34(27,7)8)19-37(29)31(42)28(21-15-12-11-13-16-21)35-32(43)36-33(4,5)6/h9,20-23,27-29H,1,10-19H2,2-8H3,(H2,35,36,43)/t22?,23-,27-,28?,29+/m0/s1. The van der Waals surface area contributed by atoms with Gasteiger partial charge in [-0.25, -0.2) is 4.79 Å². The number of rotatable bonds is 14. The quantitative estimate of drug-likeness (QED) is 0.167. The Morgan fingerprint density at radius 1 is 1.02 bits per heavy atom. The minimum Gasteiger partial charge on any atom is -0.334 e. The number of urea groups is 1. The van der Waals surface area contributed by atoms with E-state index in [1.807, 2.05) is 20.8 Å². The predicted molar refractivity (Wildman–Crippen MR) is 165 cm³/mol. The third-order valence-corrected chi connectivity index (χ3v) is 9.78. The molecule has 43 heavy (non-hydrogen) atoms. The zero-order chi connectivity index (χ0) is 32.3. The molecule has 2 unspecified atom stereocenters. The molecule has 0 aromatic carbocycles. The third kappa shape index (κ3) is 8.42. The van der Waals surface area contributed by atoms with E-state index in [1.54, 1.807) is 24.8 Å². The molecule has 1 aliphatic heterocycles. The van der Waals surface area contributed by atoms with Crippen LogP contribution in [0, 0.1) is 35.0 Å². The summed E-state index contributed by atoms with van der Waals surface area (Å²) in [5.74, 6) is -3.42. The zero-order valence-electron chi connectivity index (χ0n) is 27.3. The SMILES string of the molecule is C=CCCC(CC(=O)[C@@H]1[C@@H]2[C@H](CN1C(=O)C(NC(=O)NC(C)(C)C)C1CCCCC1)C2(C)C)C(=O)C(=O)CC(=O)C(C)C. The number of ketones is 4. The fraction of sp³-hybridized carbons (Fsp3) is 0.765. The number of allylic oxidation sites excluding steroid dienone is 1. The monoisotopic (exact) mass is 599 g/mol. The molecule has 0 aromatic heterocycles. The van der Waals surface area contributed by atoms with Crippen LogP contribution in [-0.4, -0.2) is 64.1 Å². The first-order valence-electron chi connectivity index (χ1n) is 16.1. The molecule has 2 N–H and O–H groups in total. The van der Waals surface area contributed by atoms with Crippen molar-refractivity contribution in [1.82, 2.24) is 15.5 Å². The lowest BCUT2D eigenvalue weighted by Crippen LogP contribution is -2.59. The molecule has 3 fully saturated rings. The van der Waals surface area contributed by atoms with Crippen molar-refractivity contribution in [2.75, 3.05) is 6.54 Å². The molecule has 3 amide bonds. The van der Waals surface area contributed by atoms with E-state index < -0.39 is 47.6 Å². The van der Waals surface area contributed by atoms with Crippen LogP contribution in [-0.2, 0) is 24.0 Å². The highest BCUT2D eigenvalue weighted by Gasteiger charge is 2.69. The largest absolute Gasteiger partial charge is 0.334 e. The molecule has 0 spiro atoms. The van der Waals surface area contributed by atoms with Gasteiger partial charge in [-0.15, -0.1) is 6.58 Å². The van der Waals surface area contributed by atoms with Crippen molar-refractivity contribution in [1.29, 1.82) is 0 Å². The van der Waals surface area contributed by atoms with Crippen LogP contribution < -0.4 is 10.6 Å². The molecule has 9 nitrogen and oxygen atoms in total. The maximum absolute atomic E-state index is 14.3. The number of carbonyl (C=O) groups is 6. The highest BCUT2D eigenvalue weighted by atomic mass is 16.2. The average Bonchev–Trinajstić information content (AvgIpc) is 3.24. The summed E-state index contributed by atoms with van der Waals surface area (Å²) < 4.78 is 0. The van der Waals surface area contributed by atoms with E-state index in [9.17, 15) is 28.8 Å². The van der Waals surface area contributed by atoms with Gasteiger partial charge in [-0.1, -0.05) is 53.0 Å². The van der Waals surface area contributed by atoms with Crippen LogP contribution >= 0.6 is 0 Å². The fourth-order valence-electron chi connectivity index (χ4n) is 7.11. The van der Waals surface area contributed by atoms with Crippen LogP contribution in [0.1, 0.15) is 106 Å². The van der Waals surface area contributed by atoms with E-state index in [4.69, 9.17) is 0 Å². The normalized spacial score (nSPS) is 24.5. The van der Waals surface area contributed by atoms with E-state index >= 15 is 0 Å². The number of carbonyl (C=O) groups excluding carboxylic acids is 6. The molecule has 9 heteroatoms. The van der Waals surface area contributed by atoms with Gasteiger partial charge >= 0.3 is 6.03 Å². The molecule has 0 radical (unpaired) electrons. The molecular weight excluding hydrogens is 546 g/mol. The van der Waals surface area contributed by atoms with Crippen molar-refractivity contribution in [3.63, 3.8) is 0 Å². The molecule has 240 valence electrons. The Bertz CT molecular complexity index is 1110. The molecule has 0 bridgehead atoms. The molecule has 2 saturated carbocycles. The van der Waals surface area contributed by atoms with E-state index in [-0.39, 0.29) is 59.4 Å². The van der Waals surface area contributed by atoms with E-state index in [2.05, 4.69) is 31.1 Å². The van der Waals surface area contributed by atoms with Gasteiger partial charge in [0.2, 0.25) is 17.5 Å². The van der Waals surface area contributed by atoms with Gasteiger partial charge in [0.25, 0.3) is 0 Å². The summed E-state index contributed by atoms with van der Waals surface area (Å²) >= 11 is 0. The van der Waals surface area contributed by atoms with Crippen molar-refractivity contribution < 1.29 is 28.8 Å². The summed E-state index contributed by atoms with van der Waals surface area (Å²) in [5.41, 5.74) is -0.610. The number of piperidine rings is 1. The van der Waals surface area contributed by atoms with Crippen LogP contribution in [0.2, 0.25) is 0 Å². The summed E-state index contributed by atoms with van der Waals surface area (Å²) in [4.78, 5) is 81.1. The first kappa shape index (κ1) is 34.6. The van der Waals surface area contributed by atoms with Crippen molar-refractivity contribution in [2.24, 2.45) is 35.0 Å². The average molecular weight is 600 g/mol. The number of nitrogens with one attached hydrogen (secondary N) is 2. The maximum Gasteiger partial charge on any atom is 0.315 e. The number of nitrogens with zero attached hydrogens (tertiary/aromatic N) is 1. The van der Waals surface area contributed by atoms with Gasteiger partial charge in [-0.05, 0) is 69.6 Å². The second kappa shape index (κ2) is 13.9. The van der Waals surface area contributed by atoms with Gasteiger partial charge in [0.15, 0.2) is 5.78 Å². The third-order valence-electron chi connectivity index (χ3n) is 9.78. The highest BCUT2D eigenvalue weighted by Crippen LogP contribution is 2.65. The predicted octanol–water partition coefficient (Wildman–Crippen LogP) is 4.81. The first-order valence-corrected chi connectivity index (χ1v) is 16.1. The van der Waals surface area contributed by atoms with E-state index in [0.717, 1.165) is 32.1 Å². The first-order chi connectivity index (χ1) is 20.0. The Balaban J connectivity index is 1.85. The molecule has 3 aliphatic rings. The van der Waals surface area contributed by atoms with E-state index in [1.165, 1.54) is 0 Å². The smallest absolute Gasteiger partial charge is 0.315 e. The summed E-state index contributed by atoms with van der Waals surface area (Å²) in [5, 5.41) is 5.86. The minimum atomic E-state index is -0.874. The minimum absolute atomic E-state index is 0.0225. The van der Waals surface area contributed by atoms with Gasteiger partial charge < -0.3 is 15.5 Å². The Morgan fingerprint density at radius 2 is 1.65 bits per heavy atom. The van der Waals surface area contributed by atoms with Crippen LogP contribution in [0.5, 0.6) is 0 Å². The molecule has 5 atom stereocenters. The van der Waals surface area contributed by atoms with Crippen LogP contribution in [0.25, 0.3) is 0 Å². The summed E-state index contributed by atoms with van der Waals surface area (Å²) in [6.45, 7) is 17.3. The van der Waals surface area contributed by atoms with Gasteiger partial charge in [0.1, 0.15) is 11.8 Å². The number of Topliss-reactive ketones (excluding diaryl/α,β-unsaturated/α-hetero) is 4. The van der Waals surface area contributed by atoms with Gasteiger partial charge in [0.05, 0.1) is 12.5 Å². The lowest BCUT2D eigenvalue weighted by Gasteiger charge is -2.37. The number of amides is 3. The molecule has 0 aromatic rings. The second-order valence-electron chi connectivity index (χ2n) is 14.9. The molecule has 1 heterocycles. The van der Waals surface area contributed by atoms with Crippen molar-refractivity contribution in [3.8, 4) is 0 Å². The Morgan fingerprint density at radius 3 is 2.21 bits per heavy atom. The van der Waals surface area contributed by atoms with Crippen molar-refractivity contribution in [3.05, 3.63) is 12.7 Å². The zero-order valence-corrected chi connectivity index (χ0v) is 27.3. The Kier molecular flexibility index (Phi) is 11.2. The van der Waals surface area contributed by atoms with Crippen LogP contribution in [0.3, 0.4) is 0 Å². The van der Waals surface area contributed by atoms with Gasteiger partial charge in [-0.2, -0.15) is 0 Å². The summed E-state index contributed by atoms with van der Waals surface area (Å²) in [6, 6.07) is -1.88. The van der Waals surface area contributed by atoms with E-state index in [0.29, 0.717) is 13.0 Å². The van der Waals surface area contributed by atoms with Crippen molar-refractivity contribution >= 4 is 35.1 Å². The lowest BCUT2D eigenvalue weighted by molar-refractivity contribution is -0.145. The van der Waals surface area contributed by atoms with Gasteiger partial charge in [0, 0.05) is 30.3 Å². The Hall–Kier alpha value is -2.84. The lowest BCUT2D eigenvalue weighted by atomic mass is 9.82. The van der Waals surface area contributed by atoms with Crippen LogP contribution in [0.15, 0.2) is 12.7 Å².